The first-order valence-corrected chi connectivity index (χ1v) is 8.80. The Balaban J connectivity index is 1.65. The van der Waals surface area contributed by atoms with Crippen LogP contribution in [-0.2, 0) is 14.8 Å². The summed E-state index contributed by atoms with van der Waals surface area (Å²) in [5.41, 5.74) is 1.10. The van der Waals surface area contributed by atoms with Crippen molar-refractivity contribution < 1.29 is 13.2 Å². The molecule has 1 amide bonds. The molecule has 0 spiro atoms. The van der Waals surface area contributed by atoms with Gasteiger partial charge in [-0.3, -0.25) is 4.79 Å². The Labute approximate surface area is 125 Å². The van der Waals surface area contributed by atoms with Crippen LogP contribution in [0, 0.1) is 0 Å². The van der Waals surface area contributed by atoms with E-state index in [-0.39, 0.29) is 23.1 Å². The molecular formula is C15H20N2O3S. The molecule has 0 aromatic heterocycles. The standard InChI is InChI=1S/C15H20N2O3S/c1-11(18)16-13-7-8-17(10-13)21(19,20)15-9-14(15)12-5-3-2-4-6-12/h2-6,13-15H,7-10H2,1H3,(H,16,18). The average Bonchev–Trinajstić information content (AvgIpc) is 3.13. The van der Waals surface area contributed by atoms with Gasteiger partial charge in [0, 0.05) is 32.0 Å². The van der Waals surface area contributed by atoms with Gasteiger partial charge in [0.05, 0.1) is 5.25 Å². The number of nitrogens with one attached hydrogen (secondary N) is 1. The molecule has 114 valence electrons. The van der Waals surface area contributed by atoms with Crippen LogP contribution in [-0.4, -0.2) is 43.0 Å². The molecule has 5 nitrogen and oxygen atoms in total. The first kappa shape index (κ1) is 14.5. The summed E-state index contributed by atoms with van der Waals surface area (Å²) in [6, 6.07) is 9.76. The topological polar surface area (TPSA) is 66.5 Å². The van der Waals surface area contributed by atoms with Crippen molar-refractivity contribution in [1.29, 1.82) is 0 Å². The van der Waals surface area contributed by atoms with Gasteiger partial charge in [-0.15, -0.1) is 0 Å². The first-order chi connectivity index (χ1) is 9.98. The summed E-state index contributed by atoms with van der Waals surface area (Å²) in [5, 5.41) is 2.51. The highest BCUT2D eigenvalue weighted by Crippen LogP contribution is 2.47. The van der Waals surface area contributed by atoms with Gasteiger partial charge >= 0.3 is 0 Å². The second kappa shape index (κ2) is 5.42. The number of amides is 1. The van der Waals surface area contributed by atoms with Gasteiger partial charge in [-0.25, -0.2) is 8.42 Å². The van der Waals surface area contributed by atoms with Crippen LogP contribution >= 0.6 is 0 Å². The van der Waals surface area contributed by atoms with Crippen molar-refractivity contribution in [3.8, 4) is 0 Å². The summed E-state index contributed by atoms with van der Waals surface area (Å²) in [6.07, 6.45) is 1.40. The van der Waals surface area contributed by atoms with Crippen LogP contribution in [0.5, 0.6) is 0 Å². The molecule has 1 aliphatic carbocycles. The van der Waals surface area contributed by atoms with Crippen LogP contribution in [0.25, 0.3) is 0 Å². The Morgan fingerprint density at radius 1 is 1.29 bits per heavy atom. The predicted molar refractivity (Wildman–Crippen MR) is 80.3 cm³/mol. The van der Waals surface area contributed by atoms with Crippen molar-refractivity contribution in [3.05, 3.63) is 35.9 Å². The number of hydrogen-bond acceptors (Lipinski definition) is 3. The SMILES string of the molecule is CC(=O)NC1CCN(S(=O)(=O)C2CC2c2ccccc2)C1. The maximum absolute atomic E-state index is 12.6. The van der Waals surface area contributed by atoms with Crippen molar-refractivity contribution in [2.24, 2.45) is 0 Å². The maximum atomic E-state index is 12.6. The third-order valence-electron chi connectivity index (χ3n) is 4.26. The molecule has 1 saturated carbocycles. The molecule has 0 radical (unpaired) electrons. The third-order valence-corrected chi connectivity index (χ3v) is 6.60. The fourth-order valence-electron chi connectivity index (χ4n) is 3.11. The van der Waals surface area contributed by atoms with Gasteiger partial charge in [-0.2, -0.15) is 4.31 Å². The van der Waals surface area contributed by atoms with E-state index in [9.17, 15) is 13.2 Å². The molecule has 1 heterocycles. The lowest BCUT2D eigenvalue weighted by Crippen LogP contribution is -2.38. The monoisotopic (exact) mass is 308 g/mol. The van der Waals surface area contributed by atoms with E-state index in [0.717, 1.165) is 5.56 Å². The van der Waals surface area contributed by atoms with Crippen molar-refractivity contribution in [2.45, 2.75) is 37.0 Å². The van der Waals surface area contributed by atoms with E-state index in [0.29, 0.717) is 25.9 Å². The largest absolute Gasteiger partial charge is 0.352 e. The Morgan fingerprint density at radius 3 is 2.67 bits per heavy atom. The molecule has 1 saturated heterocycles. The number of nitrogens with zero attached hydrogens (tertiary/aromatic N) is 1. The minimum absolute atomic E-state index is 0.0498. The van der Waals surface area contributed by atoms with E-state index in [1.165, 1.54) is 6.92 Å². The first-order valence-electron chi connectivity index (χ1n) is 7.29. The maximum Gasteiger partial charge on any atom is 0.217 e. The zero-order valence-corrected chi connectivity index (χ0v) is 12.8. The van der Waals surface area contributed by atoms with Crippen molar-refractivity contribution in [1.82, 2.24) is 9.62 Å². The highest BCUT2D eigenvalue weighted by molar-refractivity contribution is 7.90. The van der Waals surface area contributed by atoms with Gasteiger partial charge in [0.25, 0.3) is 0 Å². The second-order valence-electron chi connectivity index (χ2n) is 5.88. The van der Waals surface area contributed by atoms with E-state index in [1.807, 2.05) is 30.3 Å². The number of carbonyl (C=O) groups is 1. The van der Waals surface area contributed by atoms with Gasteiger partial charge < -0.3 is 5.32 Å². The zero-order valence-electron chi connectivity index (χ0n) is 12.0. The quantitative estimate of drug-likeness (QED) is 0.905. The number of rotatable bonds is 4. The summed E-state index contributed by atoms with van der Waals surface area (Å²) in [4.78, 5) is 11.1. The molecule has 1 aromatic rings. The summed E-state index contributed by atoms with van der Waals surface area (Å²) in [7, 11) is -3.25. The fraction of sp³-hybridized carbons (Fsp3) is 0.533. The summed E-state index contributed by atoms with van der Waals surface area (Å²) >= 11 is 0. The smallest absolute Gasteiger partial charge is 0.217 e. The Kier molecular flexibility index (Phi) is 3.75. The van der Waals surface area contributed by atoms with Crippen LogP contribution in [0.4, 0.5) is 0 Å². The van der Waals surface area contributed by atoms with E-state index in [4.69, 9.17) is 0 Å². The molecule has 2 fully saturated rings. The molecular weight excluding hydrogens is 288 g/mol. The molecule has 2 aliphatic rings. The lowest BCUT2D eigenvalue weighted by atomic mass is 10.1. The van der Waals surface area contributed by atoms with E-state index in [1.54, 1.807) is 4.31 Å². The number of hydrogen-bond donors (Lipinski definition) is 1. The van der Waals surface area contributed by atoms with Gasteiger partial charge in [0.15, 0.2) is 0 Å². The van der Waals surface area contributed by atoms with Gasteiger partial charge in [0.1, 0.15) is 0 Å². The lowest BCUT2D eigenvalue weighted by Gasteiger charge is -2.17. The summed E-state index contributed by atoms with van der Waals surface area (Å²) < 4.78 is 26.8. The number of benzene rings is 1. The van der Waals surface area contributed by atoms with E-state index in [2.05, 4.69) is 5.32 Å². The van der Waals surface area contributed by atoms with Gasteiger partial charge in [0.2, 0.25) is 15.9 Å². The minimum atomic E-state index is -3.25. The van der Waals surface area contributed by atoms with Crippen LogP contribution in [0.3, 0.4) is 0 Å². The zero-order chi connectivity index (χ0) is 15.0. The molecule has 3 rings (SSSR count). The van der Waals surface area contributed by atoms with Crippen molar-refractivity contribution in [2.75, 3.05) is 13.1 Å². The lowest BCUT2D eigenvalue weighted by molar-refractivity contribution is -0.119. The van der Waals surface area contributed by atoms with Crippen LogP contribution < -0.4 is 5.32 Å². The average molecular weight is 308 g/mol. The molecule has 3 unspecified atom stereocenters. The highest BCUT2D eigenvalue weighted by Gasteiger charge is 2.51. The Morgan fingerprint density at radius 2 is 2.00 bits per heavy atom. The van der Waals surface area contributed by atoms with Gasteiger partial charge in [-0.1, -0.05) is 30.3 Å². The molecule has 21 heavy (non-hydrogen) atoms. The highest BCUT2D eigenvalue weighted by atomic mass is 32.2. The Bertz CT molecular complexity index is 630. The van der Waals surface area contributed by atoms with E-state index >= 15 is 0 Å². The van der Waals surface area contributed by atoms with Gasteiger partial charge in [-0.05, 0) is 18.4 Å². The molecule has 0 bridgehead atoms. The molecule has 1 N–H and O–H groups in total. The second-order valence-corrected chi connectivity index (χ2v) is 8.03. The van der Waals surface area contributed by atoms with Crippen molar-refractivity contribution in [3.63, 3.8) is 0 Å². The predicted octanol–water partition coefficient (Wildman–Crippen LogP) is 1.08. The van der Waals surface area contributed by atoms with Crippen LogP contribution in [0.15, 0.2) is 30.3 Å². The number of carbonyl (C=O) groups excluding carboxylic acids is 1. The summed E-state index contributed by atoms with van der Waals surface area (Å²) in [6.45, 7) is 2.37. The van der Waals surface area contributed by atoms with E-state index < -0.39 is 10.0 Å². The third kappa shape index (κ3) is 2.96. The minimum Gasteiger partial charge on any atom is -0.352 e. The van der Waals surface area contributed by atoms with Crippen molar-refractivity contribution >= 4 is 15.9 Å². The fourth-order valence-corrected chi connectivity index (χ4v) is 5.26. The molecule has 6 heteroatoms. The number of sulfonamides is 1. The van der Waals surface area contributed by atoms with Crippen LogP contribution in [0.2, 0.25) is 0 Å². The van der Waals surface area contributed by atoms with Crippen LogP contribution in [0.1, 0.15) is 31.2 Å². The normalized spacial score (nSPS) is 29.3. The summed E-state index contributed by atoms with van der Waals surface area (Å²) in [5.74, 6) is 0.0175. The molecule has 1 aromatic carbocycles. The molecule has 1 aliphatic heterocycles. The Hall–Kier alpha value is -1.40. The molecule has 3 atom stereocenters.